The summed E-state index contributed by atoms with van der Waals surface area (Å²) in [4.78, 5) is 24.3. The molecule has 0 saturated carbocycles. The molecule has 0 aliphatic carbocycles. The Balaban J connectivity index is 4.54. The maximum Gasteiger partial charge on any atom is 0.385 e. The number of rotatable bonds is 0. The van der Waals surface area contributed by atoms with Crippen LogP contribution in [0.4, 0.5) is 0 Å². The third kappa shape index (κ3) is 1.68. The van der Waals surface area contributed by atoms with Crippen LogP contribution in [0.2, 0.25) is 0 Å². The van der Waals surface area contributed by atoms with E-state index in [2.05, 4.69) is 4.79 Å². The molecule has 2 N–H and O–H groups in total. The summed E-state index contributed by atoms with van der Waals surface area (Å²) in [5.41, 5.74) is 6.34. The van der Waals surface area contributed by atoms with Gasteiger partial charge in [0.25, 0.3) is 5.43 Å². The highest BCUT2D eigenvalue weighted by atomic mass is 32.2. The zero-order valence-corrected chi connectivity index (χ0v) is 7.39. The molecule has 0 fully saturated rings. The standard InChI is InChI=1S/C6H4N2O5S/c7-8-5-3(9)1-2-4(10)6(5)14(11,12)13/h1-2H,(H2,11,12,13). The number of benzene rings is 1. The predicted molar refractivity (Wildman–Crippen MR) is 44.8 cm³/mol. The molecule has 0 aromatic heterocycles. The first-order chi connectivity index (χ1) is 6.38. The van der Waals surface area contributed by atoms with E-state index in [-0.39, 0.29) is 0 Å². The number of nitrogens with zero attached hydrogens (tertiary/aromatic N) is 2. The molecule has 0 atom stereocenters. The van der Waals surface area contributed by atoms with Gasteiger partial charge in [-0.05, 0) is 12.1 Å². The summed E-state index contributed by atoms with van der Waals surface area (Å²) in [5, 5.41) is -0.924. The molecule has 14 heavy (non-hydrogen) atoms. The molecule has 0 radical (unpaired) electrons. The minimum atomic E-state index is -4.61. The Morgan fingerprint density at radius 1 is 1.21 bits per heavy atom. The third-order valence-corrected chi connectivity index (χ3v) is 2.35. The van der Waals surface area contributed by atoms with Crippen molar-refractivity contribution in [2.24, 2.45) is 0 Å². The number of hydrogen-bond donors (Lipinski definition) is 2. The molecule has 0 unspecified atom stereocenters. The zero-order chi connectivity index (χ0) is 10.9. The van der Waals surface area contributed by atoms with E-state index < -0.39 is 30.8 Å². The van der Waals surface area contributed by atoms with Crippen molar-refractivity contribution < 1.29 is 18.1 Å². The van der Waals surface area contributed by atoms with Crippen molar-refractivity contribution in [2.45, 2.75) is 0 Å². The molecule has 0 amide bonds. The van der Waals surface area contributed by atoms with Crippen LogP contribution in [0.25, 0.3) is 5.53 Å². The molecule has 74 valence electrons. The van der Waals surface area contributed by atoms with E-state index in [1.54, 1.807) is 0 Å². The summed E-state index contributed by atoms with van der Waals surface area (Å²) >= 11 is 0. The van der Waals surface area contributed by atoms with Crippen molar-refractivity contribution in [3.05, 3.63) is 48.0 Å². The quantitative estimate of drug-likeness (QED) is 0.299. The van der Waals surface area contributed by atoms with Crippen molar-refractivity contribution in [1.82, 2.24) is 0 Å². The Kier molecular flexibility index (Phi) is 2.45. The molecule has 0 heterocycles. The molecule has 7 nitrogen and oxygen atoms in total. The summed E-state index contributed by atoms with van der Waals surface area (Å²) in [6, 6.07) is 1.48. The lowest BCUT2D eigenvalue weighted by Gasteiger charge is -1.86. The van der Waals surface area contributed by atoms with Crippen molar-refractivity contribution in [1.29, 1.82) is 0 Å². The average molecular weight is 216 g/mol. The minimum Gasteiger partial charge on any atom is -0.361 e. The highest BCUT2D eigenvalue weighted by Gasteiger charge is 2.12. The Labute approximate surface area is 76.9 Å². The van der Waals surface area contributed by atoms with Crippen LogP contribution in [0.15, 0.2) is 21.7 Å². The van der Waals surface area contributed by atoms with E-state index in [1.165, 1.54) is 0 Å². The second-order valence-electron chi connectivity index (χ2n) is 2.34. The van der Waals surface area contributed by atoms with Crippen molar-refractivity contribution in [3.63, 3.8) is 0 Å². The maximum absolute atomic E-state index is 11.0. The van der Waals surface area contributed by atoms with Crippen molar-refractivity contribution in [3.8, 4) is 0 Å². The van der Waals surface area contributed by atoms with Crippen molar-refractivity contribution >= 4 is 10.1 Å². The van der Waals surface area contributed by atoms with Gasteiger partial charge in [0.05, 0.1) is 0 Å². The molecule has 0 aliphatic heterocycles. The van der Waals surface area contributed by atoms with Gasteiger partial charge in [0.1, 0.15) is 0 Å². The Morgan fingerprint density at radius 3 is 2.07 bits per heavy atom. The molecule has 1 aromatic carbocycles. The molecular weight excluding hydrogens is 212 g/mol. The fourth-order valence-corrected chi connectivity index (χ4v) is 1.61. The summed E-state index contributed by atoms with van der Waals surface area (Å²) in [7, 11) is -4.61. The summed E-state index contributed by atoms with van der Waals surface area (Å²) in [6.45, 7) is 0. The summed E-state index contributed by atoms with van der Waals surface area (Å²) in [6.07, 6.45) is 0. The molecule has 0 aliphatic rings. The Morgan fingerprint density at radius 2 is 1.71 bits per heavy atom. The maximum atomic E-state index is 11.0. The van der Waals surface area contributed by atoms with Gasteiger partial charge in [0.2, 0.25) is 20.0 Å². The van der Waals surface area contributed by atoms with Gasteiger partial charge in [0, 0.05) is 0 Å². The van der Waals surface area contributed by atoms with Gasteiger partial charge in [-0.25, -0.2) is 4.21 Å². The predicted octanol–water partition coefficient (Wildman–Crippen LogP) is -1.82. The van der Waals surface area contributed by atoms with Gasteiger partial charge >= 0.3 is 5.36 Å². The fraction of sp³-hybridized carbons (Fsp3) is 0. The Hall–Kier alpha value is -1.60. The monoisotopic (exact) mass is 216 g/mol. The lowest BCUT2D eigenvalue weighted by molar-refractivity contribution is -0.0676. The fourth-order valence-electron chi connectivity index (χ4n) is 0.886. The first-order valence-corrected chi connectivity index (χ1v) is 4.70. The van der Waals surface area contributed by atoms with Gasteiger partial charge in [0.15, 0.2) is 0 Å². The second-order valence-corrected chi connectivity index (χ2v) is 3.74. The van der Waals surface area contributed by atoms with Crippen molar-refractivity contribution in [2.75, 3.05) is 0 Å². The lowest BCUT2D eigenvalue weighted by atomic mass is 10.3. The zero-order valence-electron chi connectivity index (χ0n) is 6.58. The average Bonchev–Trinajstić information content (AvgIpc) is 2.06. The molecule has 1 aromatic rings. The van der Waals surface area contributed by atoms with Gasteiger partial charge in [-0.2, -0.15) is 4.79 Å². The summed E-state index contributed by atoms with van der Waals surface area (Å²) in [5.74, 6) is 0. The van der Waals surface area contributed by atoms with Crippen LogP contribution >= 0.6 is 0 Å². The van der Waals surface area contributed by atoms with E-state index in [0.717, 1.165) is 6.07 Å². The lowest BCUT2D eigenvalue weighted by Crippen LogP contribution is -2.34. The molecule has 1 rings (SSSR count). The molecule has 0 saturated heterocycles. The normalized spacial score (nSPS) is 11.0. The van der Waals surface area contributed by atoms with Crippen LogP contribution in [0, 0.1) is 4.51 Å². The van der Waals surface area contributed by atoms with Gasteiger partial charge in [-0.1, -0.05) is 0 Å². The topological polar surface area (TPSA) is 128 Å². The highest BCUT2D eigenvalue weighted by Crippen LogP contribution is 1.78. The largest absolute Gasteiger partial charge is 0.385 e. The molecule has 0 spiro atoms. The van der Waals surface area contributed by atoms with Gasteiger partial charge < -0.3 is 5.53 Å². The molecule has 8 heteroatoms. The second kappa shape index (κ2) is 3.28. The van der Waals surface area contributed by atoms with E-state index in [1.807, 2.05) is 0 Å². The van der Waals surface area contributed by atoms with Gasteiger partial charge in [-0.3, -0.25) is 18.7 Å². The van der Waals surface area contributed by atoms with E-state index in [4.69, 9.17) is 14.6 Å². The van der Waals surface area contributed by atoms with E-state index >= 15 is 0 Å². The first-order valence-electron chi connectivity index (χ1n) is 3.23. The van der Waals surface area contributed by atoms with Crippen LogP contribution in [-0.4, -0.2) is 18.1 Å². The highest BCUT2D eigenvalue weighted by molar-refractivity contribution is 7.84. The van der Waals surface area contributed by atoms with E-state index in [0.29, 0.717) is 6.07 Å². The first kappa shape index (κ1) is 10.5. The van der Waals surface area contributed by atoms with E-state index in [9.17, 15) is 13.8 Å². The van der Waals surface area contributed by atoms with Crippen LogP contribution in [0.5, 0.6) is 0 Å². The van der Waals surface area contributed by atoms with Crippen LogP contribution < -0.4 is 16.2 Å². The molecular formula is C6H4N2O5S. The Bertz CT molecular complexity index is 691. The SMILES string of the molecule is [N-]=[N+]=c1c(=O)ccc(=O)c1=S(=O)(O)O. The third-order valence-electron chi connectivity index (χ3n) is 1.42. The van der Waals surface area contributed by atoms with Crippen LogP contribution in [0.3, 0.4) is 0 Å². The number of hydrogen-bond acceptors (Lipinski definition) is 3. The minimum absolute atomic E-state index is 0.707. The molecule has 0 bridgehead atoms. The smallest absolute Gasteiger partial charge is 0.361 e. The van der Waals surface area contributed by atoms with Crippen LogP contribution in [-0.2, 0) is 10.1 Å². The summed E-state index contributed by atoms with van der Waals surface area (Å²) < 4.78 is 27.0. The van der Waals surface area contributed by atoms with Gasteiger partial charge in [-0.15, -0.1) is 0 Å². The van der Waals surface area contributed by atoms with Crippen LogP contribution in [0.1, 0.15) is 0 Å².